The first-order valence-corrected chi connectivity index (χ1v) is 12.4. The monoisotopic (exact) mass is 502 g/mol. The molecule has 8 heteroatoms. The average molecular weight is 503 g/mol. The summed E-state index contributed by atoms with van der Waals surface area (Å²) in [6.45, 7) is 1.97. The number of rotatable bonds is 13. The molecule has 1 unspecified atom stereocenters. The van der Waals surface area contributed by atoms with Gasteiger partial charge in [-0.1, -0.05) is 79.7 Å². The summed E-state index contributed by atoms with van der Waals surface area (Å²) in [7, 11) is 0. The number of carbonyl (C=O) groups excluding carboxylic acids is 4. The Morgan fingerprint density at radius 1 is 0.838 bits per heavy atom. The highest BCUT2D eigenvalue weighted by Crippen LogP contribution is 2.27. The van der Waals surface area contributed by atoms with Crippen LogP contribution in [0.3, 0.4) is 0 Å². The lowest BCUT2D eigenvalue weighted by Gasteiger charge is -2.37. The maximum Gasteiger partial charge on any atom is 0.243 e. The number of fused-ring (bicyclic) bond motifs is 1. The first-order chi connectivity index (χ1) is 17.7. The molecule has 0 saturated heterocycles. The smallest absolute Gasteiger partial charge is 0.243 e. The number of primary amides is 2. The second kappa shape index (κ2) is 12.7. The fourth-order valence-electron chi connectivity index (χ4n) is 4.56. The zero-order valence-corrected chi connectivity index (χ0v) is 21.0. The zero-order valence-electron chi connectivity index (χ0n) is 21.0. The van der Waals surface area contributed by atoms with Crippen molar-refractivity contribution in [2.75, 3.05) is 0 Å². The third-order valence-corrected chi connectivity index (χ3v) is 6.74. The van der Waals surface area contributed by atoms with E-state index in [1.165, 1.54) is 0 Å². The van der Waals surface area contributed by atoms with Gasteiger partial charge in [-0.25, -0.2) is 0 Å². The third-order valence-electron chi connectivity index (χ3n) is 6.74. The number of hydrogen-bond acceptors (Lipinski definition) is 4. The van der Waals surface area contributed by atoms with Gasteiger partial charge in [-0.05, 0) is 40.7 Å². The number of benzene rings is 3. The third kappa shape index (κ3) is 7.39. The van der Waals surface area contributed by atoms with E-state index < -0.39 is 29.2 Å². The number of nitrogens with one attached hydrogen (secondary N) is 2. The van der Waals surface area contributed by atoms with Gasteiger partial charge >= 0.3 is 0 Å². The van der Waals surface area contributed by atoms with Crippen LogP contribution in [0.25, 0.3) is 10.8 Å². The lowest BCUT2D eigenvalue weighted by atomic mass is 9.78. The summed E-state index contributed by atoms with van der Waals surface area (Å²) in [5.74, 6) is -2.82. The molecule has 194 valence electrons. The van der Waals surface area contributed by atoms with E-state index in [1.807, 2.05) is 72.8 Å². The lowest BCUT2D eigenvalue weighted by Crippen LogP contribution is -2.62. The van der Waals surface area contributed by atoms with E-state index in [1.54, 1.807) is 6.92 Å². The van der Waals surface area contributed by atoms with Crippen LogP contribution in [-0.2, 0) is 32.1 Å². The molecule has 0 radical (unpaired) electrons. The molecule has 0 aliphatic heterocycles. The molecule has 4 amide bonds. The number of amides is 4. The van der Waals surface area contributed by atoms with Crippen LogP contribution in [0.4, 0.5) is 0 Å². The molecule has 0 bridgehead atoms. The minimum atomic E-state index is -1.60. The molecule has 0 spiro atoms. The highest BCUT2D eigenvalue weighted by molar-refractivity contribution is 5.92. The predicted molar refractivity (Wildman–Crippen MR) is 143 cm³/mol. The SMILES string of the molecule is C[C@@H](CC(=O)NCc1cccc2ccccc12)C(CCC(N)=O)(NC(=O)CCc1ccccc1)C(N)=O. The summed E-state index contributed by atoms with van der Waals surface area (Å²) in [6, 6.07) is 23.2. The molecule has 0 aromatic heterocycles. The number of hydrogen-bond donors (Lipinski definition) is 4. The Kier molecular flexibility index (Phi) is 9.38. The van der Waals surface area contributed by atoms with E-state index >= 15 is 0 Å². The van der Waals surface area contributed by atoms with Crippen LogP contribution in [0, 0.1) is 5.92 Å². The fourth-order valence-corrected chi connectivity index (χ4v) is 4.56. The van der Waals surface area contributed by atoms with Crippen LogP contribution >= 0.6 is 0 Å². The van der Waals surface area contributed by atoms with Crippen molar-refractivity contribution >= 4 is 34.4 Å². The predicted octanol–water partition coefficient (Wildman–Crippen LogP) is 2.72. The lowest BCUT2D eigenvalue weighted by molar-refractivity contribution is -0.136. The first kappa shape index (κ1) is 27.4. The Bertz CT molecular complexity index is 1260. The summed E-state index contributed by atoms with van der Waals surface area (Å²) in [5.41, 5.74) is 11.5. The molecule has 37 heavy (non-hydrogen) atoms. The maximum absolute atomic E-state index is 12.9. The van der Waals surface area contributed by atoms with E-state index in [-0.39, 0.29) is 31.6 Å². The van der Waals surface area contributed by atoms with Gasteiger partial charge in [-0.2, -0.15) is 0 Å². The van der Waals surface area contributed by atoms with E-state index in [0.717, 1.165) is 21.9 Å². The Hall–Kier alpha value is -4.20. The van der Waals surface area contributed by atoms with Gasteiger partial charge in [-0.15, -0.1) is 0 Å². The molecule has 6 N–H and O–H groups in total. The summed E-state index contributed by atoms with van der Waals surface area (Å²) in [5, 5.41) is 7.77. The van der Waals surface area contributed by atoms with Crippen molar-refractivity contribution in [3.8, 4) is 0 Å². The quantitative estimate of drug-likeness (QED) is 0.285. The summed E-state index contributed by atoms with van der Waals surface area (Å²) in [6.07, 6.45) is 0.259. The zero-order chi connectivity index (χ0) is 26.8. The normalized spacial score (nSPS) is 13.3. The molecular weight excluding hydrogens is 468 g/mol. The molecule has 3 aromatic carbocycles. The molecule has 3 aromatic rings. The molecule has 0 heterocycles. The second-order valence-electron chi connectivity index (χ2n) is 9.36. The van der Waals surface area contributed by atoms with Gasteiger partial charge in [0.25, 0.3) is 0 Å². The molecular formula is C29H34N4O4. The topological polar surface area (TPSA) is 144 Å². The number of carbonyl (C=O) groups is 4. The maximum atomic E-state index is 12.9. The minimum absolute atomic E-state index is 0.0779. The van der Waals surface area contributed by atoms with Crippen molar-refractivity contribution in [3.05, 3.63) is 83.9 Å². The van der Waals surface area contributed by atoms with Crippen molar-refractivity contribution in [1.29, 1.82) is 0 Å². The van der Waals surface area contributed by atoms with Crippen molar-refractivity contribution in [3.63, 3.8) is 0 Å². The Balaban J connectivity index is 1.70. The Morgan fingerprint density at radius 3 is 2.22 bits per heavy atom. The van der Waals surface area contributed by atoms with Gasteiger partial charge in [0.2, 0.25) is 23.6 Å². The fraction of sp³-hybridized carbons (Fsp3) is 0.310. The van der Waals surface area contributed by atoms with Crippen molar-refractivity contribution in [2.24, 2.45) is 17.4 Å². The standard InChI is InChI=1S/C29H34N4O4/c1-20(18-27(36)32-19-23-12-7-11-22-10-5-6-13-24(22)23)29(28(31)37,17-16-25(30)34)33-26(35)15-14-21-8-3-2-4-9-21/h2-13,20H,14-19H2,1H3,(H2,30,34)(H2,31,37)(H,32,36)(H,33,35)/t20-,29?/m0/s1. The van der Waals surface area contributed by atoms with Crippen molar-refractivity contribution in [2.45, 2.75) is 51.1 Å². The van der Waals surface area contributed by atoms with E-state index in [4.69, 9.17) is 11.5 Å². The molecule has 0 saturated carbocycles. The van der Waals surface area contributed by atoms with Gasteiger partial charge in [-0.3, -0.25) is 19.2 Å². The summed E-state index contributed by atoms with van der Waals surface area (Å²) < 4.78 is 0. The number of aryl methyl sites for hydroxylation is 1. The van der Waals surface area contributed by atoms with E-state index in [9.17, 15) is 19.2 Å². The molecule has 0 fully saturated rings. The van der Waals surface area contributed by atoms with E-state index in [0.29, 0.717) is 13.0 Å². The van der Waals surface area contributed by atoms with Crippen LogP contribution < -0.4 is 22.1 Å². The summed E-state index contributed by atoms with van der Waals surface area (Å²) in [4.78, 5) is 50.0. The van der Waals surface area contributed by atoms with Crippen LogP contribution in [0.5, 0.6) is 0 Å². The van der Waals surface area contributed by atoms with Gasteiger partial charge in [0, 0.05) is 25.8 Å². The number of nitrogens with two attached hydrogens (primary N) is 2. The van der Waals surface area contributed by atoms with Gasteiger partial charge < -0.3 is 22.1 Å². The summed E-state index contributed by atoms with van der Waals surface area (Å²) >= 11 is 0. The van der Waals surface area contributed by atoms with Gasteiger partial charge in [0.1, 0.15) is 5.54 Å². The molecule has 3 rings (SSSR count). The highest BCUT2D eigenvalue weighted by Gasteiger charge is 2.44. The Morgan fingerprint density at radius 2 is 1.51 bits per heavy atom. The molecule has 8 nitrogen and oxygen atoms in total. The van der Waals surface area contributed by atoms with Crippen molar-refractivity contribution in [1.82, 2.24) is 10.6 Å². The van der Waals surface area contributed by atoms with E-state index in [2.05, 4.69) is 10.6 Å². The van der Waals surface area contributed by atoms with Crippen LogP contribution in [-0.4, -0.2) is 29.2 Å². The first-order valence-electron chi connectivity index (χ1n) is 12.4. The largest absolute Gasteiger partial charge is 0.370 e. The second-order valence-corrected chi connectivity index (χ2v) is 9.36. The van der Waals surface area contributed by atoms with Gasteiger partial charge in [0.15, 0.2) is 0 Å². The van der Waals surface area contributed by atoms with Crippen LogP contribution in [0.1, 0.15) is 43.7 Å². The molecule has 0 aliphatic carbocycles. The van der Waals surface area contributed by atoms with Crippen molar-refractivity contribution < 1.29 is 19.2 Å². The van der Waals surface area contributed by atoms with Crippen LogP contribution in [0.2, 0.25) is 0 Å². The molecule has 2 atom stereocenters. The highest BCUT2D eigenvalue weighted by atomic mass is 16.2. The average Bonchev–Trinajstić information content (AvgIpc) is 2.88. The van der Waals surface area contributed by atoms with Crippen LogP contribution in [0.15, 0.2) is 72.8 Å². The van der Waals surface area contributed by atoms with Gasteiger partial charge in [0.05, 0.1) is 0 Å². The molecule has 0 aliphatic rings. The Labute approximate surface area is 216 Å². The minimum Gasteiger partial charge on any atom is -0.370 e.